The summed E-state index contributed by atoms with van der Waals surface area (Å²) >= 11 is 0. The minimum atomic E-state index is -0.498. The third-order valence-corrected chi connectivity index (χ3v) is 2.73. The molecule has 6 heteroatoms. The predicted molar refractivity (Wildman–Crippen MR) is 90.0 cm³/mol. The molecule has 0 saturated carbocycles. The van der Waals surface area contributed by atoms with E-state index < -0.39 is 5.60 Å². The molecule has 1 aromatic carbocycles. The molecule has 0 bridgehead atoms. The molecule has 3 N–H and O–H groups in total. The van der Waals surface area contributed by atoms with E-state index >= 15 is 0 Å². The highest BCUT2D eigenvalue weighted by atomic mass is 16.6. The molecule has 0 aromatic heterocycles. The number of nitrogens with zero attached hydrogens (tertiary/aromatic N) is 2. The first-order valence-corrected chi connectivity index (χ1v) is 7.41. The van der Waals surface area contributed by atoms with E-state index in [2.05, 4.69) is 10.3 Å². The average Bonchev–Trinajstić information content (AvgIpc) is 2.42. The molecule has 0 aliphatic carbocycles. The van der Waals surface area contributed by atoms with Crippen LogP contribution in [0.1, 0.15) is 27.7 Å². The van der Waals surface area contributed by atoms with Crippen molar-refractivity contribution < 1.29 is 9.53 Å². The SMILES string of the molecule is CCN(CCN=C(N)Nc1ccccc1)C(=O)OC(C)(C)C. The van der Waals surface area contributed by atoms with Gasteiger partial charge < -0.3 is 20.7 Å². The van der Waals surface area contributed by atoms with Gasteiger partial charge in [0.1, 0.15) is 5.60 Å². The monoisotopic (exact) mass is 306 g/mol. The number of guanidine groups is 1. The van der Waals surface area contributed by atoms with Gasteiger partial charge in [0.25, 0.3) is 0 Å². The van der Waals surface area contributed by atoms with E-state index in [-0.39, 0.29) is 6.09 Å². The number of hydrogen-bond donors (Lipinski definition) is 2. The number of carbonyl (C=O) groups excluding carboxylic acids is 1. The van der Waals surface area contributed by atoms with Crippen molar-refractivity contribution >= 4 is 17.7 Å². The highest BCUT2D eigenvalue weighted by Crippen LogP contribution is 2.09. The molecule has 0 spiro atoms. The van der Waals surface area contributed by atoms with Crippen LogP contribution in [0.5, 0.6) is 0 Å². The van der Waals surface area contributed by atoms with Gasteiger partial charge in [-0.25, -0.2) is 4.79 Å². The second-order valence-electron chi connectivity index (χ2n) is 5.82. The molecule has 122 valence electrons. The number of anilines is 1. The average molecular weight is 306 g/mol. The molecule has 1 rings (SSSR count). The van der Waals surface area contributed by atoms with Crippen molar-refractivity contribution in [3.8, 4) is 0 Å². The van der Waals surface area contributed by atoms with Crippen LogP contribution in [-0.2, 0) is 4.74 Å². The first-order chi connectivity index (χ1) is 10.3. The van der Waals surface area contributed by atoms with Gasteiger partial charge in [0, 0.05) is 18.8 Å². The van der Waals surface area contributed by atoms with E-state index in [0.29, 0.717) is 25.6 Å². The zero-order valence-corrected chi connectivity index (χ0v) is 13.8. The van der Waals surface area contributed by atoms with Crippen LogP contribution in [0, 0.1) is 0 Å². The molecule has 6 nitrogen and oxygen atoms in total. The second kappa shape index (κ2) is 8.26. The Labute approximate surface area is 132 Å². The van der Waals surface area contributed by atoms with Crippen molar-refractivity contribution in [1.29, 1.82) is 0 Å². The van der Waals surface area contributed by atoms with Crippen LogP contribution in [0.2, 0.25) is 0 Å². The summed E-state index contributed by atoms with van der Waals surface area (Å²) < 4.78 is 5.34. The molecular formula is C16H26N4O2. The van der Waals surface area contributed by atoms with Gasteiger partial charge in [-0.05, 0) is 39.8 Å². The molecule has 1 amide bonds. The molecule has 0 aliphatic heterocycles. The fraction of sp³-hybridized carbons (Fsp3) is 0.500. The third-order valence-electron chi connectivity index (χ3n) is 2.73. The van der Waals surface area contributed by atoms with Gasteiger partial charge in [-0.2, -0.15) is 0 Å². The Hall–Kier alpha value is -2.24. The molecule has 0 atom stereocenters. The highest BCUT2D eigenvalue weighted by molar-refractivity contribution is 5.92. The zero-order chi connectivity index (χ0) is 16.6. The lowest BCUT2D eigenvalue weighted by molar-refractivity contribution is 0.0266. The normalized spacial score (nSPS) is 11.9. The number of nitrogens with one attached hydrogen (secondary N) is 1. The largest absolute Gasteiger partial charge is 0.444 e. The molecule has 0 saturated heterocycles. The molecule has 0 fully saturated rings. The quantitative estimate of drug-likeness (QED) is 0.647. The fourth-order valence-electron chi connectivity index (χ4n) is 1.71. The topological polar surface area (TPSA) is 80.0 Å². The minimum absolute atomic E-state index is 0.325. The van der Waals surface area contributed by atoms with Crippen LogP contribution in [-0.4, -0.2) is 42.2 Å². The first kappa shape index (κ1) is 17.8. The van der Waals surface area contributed by atoms with E-state index in [9.17, 15) is 4.79 Å². The maximum absolute atomic E-state index is 12.0. The summed E-state index contributed by atoms with van der Waals surface area (Å²) in [5, 5.41) is 2.99. The maximum Gasteiger partial charge on any atom is 0.410 e. The summed E-state index contributed by atoms with van der Waals surface area (Å²) in [4.78, 5) is 17.8. The Morgan fingerprint density at radius 2 is 1.95 bits per heavy atom. The van der Waals surface area contributed by atoms with E-state index in [1.165, 1.54) is 0 Å². The molecule has 1 aromatic rings. The molecular weight excluding hydrogens is 280 g/mol. The van der Waals surface area contributed by atoms with Gasteiger partial charge in [0.05, 0.1) is 6.54 Å². The van der Waals surface area contributed by atoms with Crippen molar-refractivity contribution in [3.63, 3.8) is 0 Å². The van der Waals surface area contributed by atoms with E-state index in [1.807, 2.05) is 58.0 Å². The molecule has 0 aliphatic rings. The second-order valence-corrected chi connectivity index (χ2v) is 5.82. The number of nitrogens with two attached hydrogens (primary N) is 1. The van der Waals surface area contributed by atoms with Crippen LogP contribution in [0.4, 0.5) is 10.5 Å². The van der Waals surface area contributed by atoms with E-state index in [1.54, 1.807) is 4.90 Å². The number of ether oxygens (including phenoxy) is 1. The Morgan fingerprint density at radius 3 is 2.50 bits per heavy atom. The van der Waals surface area contributed by atoms with Gasteiger partial charge in [-0.1, -0.05) is 18.2 Å². The van der Waals surface area contributed by atoms with E-state index in [4.69, 9.17) is 10.5 Å². The Bertz CT molecular complexity index is 495. The number of benzene rings is 1. The molecule has 22 heavy (non-hydrogen) atoms. The van der Waals surface area contributed by atoms with Crippen LogP contribution in [0.15, 0.2) is 35.3 Å². The number of amides is 1. The number of likely N-dealkylation sites (N-methyl/N-ethyl adjacent to an activating group) is 1. The van der Waals surface area contributed by atoms with Crippen molar-refractivity contribution in [3.05, 3.63) is 30.3 Å². The third kappa shape index (κ3) is 6.97. The van der Waals surface area contributed by atoms with Crippen LogP contribution < -0.4 is 11.1 Å². The zero-order valence-electron chi connectivity index (χ0n) is 13.8. The van der Waals surface area contributed by atoms with Crippen LogP contribution in [0.25, 0.3) is 0 Å². The lowest BCUT2D eigenvalue weighted by Crippen LogP contribution is -2.38. The van der Waals surface area contributed by atoms with Gasteiger partial charge in [0.2, 0.25) is 0 Å². The summed E-state index contributed by atoms with van der Waals surface area (Å²) in [6.07, 6.45) is -0.334. The number of para-hydroxylation sites is 1. The molecule has 0 heterocycles. The summed E-state index contributed by atoms with van der Waals surface area (Å²) in [5.74, 6) is 0.325. The van der Waals surface area contributed by atoms with Crippen LogP contribution in [0.3, 0.4) is 0 Å². The highest BCUT2D eigenvalue weighted by Gasteiger charge is 2.20. The van der Waals surface area contributed by atoms with Crippen molar-refractivity contribution in [2.24, 2.45) is 10.7 Å². The van der Waals surface area contributed by atoms with Gasteiger partial charge in [0.15, 0.2) is 5.96 Å². The Kier molecular flexibility index (Phi) is 6.69. The molecule has 0 unspecified atom stereocenters. The predicted octanol–water partition coefficient (Wildman–Crippen LogP) is 2.67. The first-order valence-electron chi connectivity index (χ1n) is 7.41. The van der Waals surface area contributed by atoms with Crippen LogP contribution >= 0.6 is 0 Å². The van der Waals surface area contributed by atoms with E-state index in [0.717, 1.165) is 5.69 Å². The summed E-state index contributed by atoms with van der Waals surface area (Å²) in [7, 11) is 0. The fourth-order valence-corrected chi connectivity index (χ4v) is 1.71. The number of aliphatic imine (C=N–C) groups is 1. The van der Waals surface area contributed by atoms with Crippen molar-refractivity contribution in [1.82, 2.24) is 4.90 Å². The minimum Gasteiger partial charge on any atom is -0.444 e. The number of hydrogen-bond acceptors (Lipinski definition) is 3. The number of carbonyl (C=O) groups is 1. The Morgan fingerprint density at radius 1 is 1.32 bits per heavy atom. The summed E-state index contributed by atoms with van der Waals surface area (Å²) in [6.45, 7) is 8.88. The summed E-state index contributed by atoms with van der Waals surface area (Å²) in [6, 6.07) is 9.56. The smallest absolute Gasteiger partial charge is 0.410 e. The maximum atomic E-state index is 12.0. The summed E-state index contributed by atoms with van der Waals surface area (Å²) in [5.41, 5.74) is 6.20. The lowest BCUT2D eigenvalue weighted by atomic mass is 10.2. The Balaban J connectivity index is 2.46. The van der Waals surface area contributed by atoms with Gasteiger partial charge in [-0.15, -0.1) is 0 Å². The lowest BCUT2D eigenvalue weighted by Gasteiger charge is -2.26. The standard InChI is InChI=1S/C16H26N4O2/c1-5-20(15(21)22-16(2,3)4)12-11-18-14(17)19-13-9-7-6-8-10-13/h6-10H,5,11-12H2,1-4H3,(H3,17,18,19). The van der Waals surface area contributed by atoms with Gasteiger partial charge in [-0.3, -0.25) is 4.99 Å². The van der Waals surface area contributed by atoms with Gasteiger partial charge >= 0.3 is 6.09 Å². The van der Waals surface area contributed by atoms with Crippen molar-refractivity contribution in [2.75, 3.05) is 25.0 Å². The molecule has 0 radical (unpaired) electrons. The number of rotatable bonds is 5. The van der Waals surface area contributed by atoms with Crippen molar-refractivity contribution in [2.45, 2.75) is 33.3 Å².